The molecule has 0 aliphatic heterocycles. The number of hydrogen-bond acceptors (Lipinski definition) is 4. The van der Waals surface area contributed by atoms with Gasteiger partial charge in [0.15, 0.2) is 17.5 Å². The van der Waals surface area contributed by atoms with Crippen molar-refractivity contribution in [3.8, 4) is 56.4 Å². The van der Waals surface area contributed by atoms with Crippen LogP contribution in [0.3, 0.4) is 0 Å². The van der Waals surface area contributed by atoms with E-state index in [1.54, 1.807) is 0 Å². The summed E-state index contributed by atoms with van der Waals surface area (Å²) in [5, 5.41) is 2.08. The molecule has 0 unspecified atom stereocenters. The Labute approximate surface area is 249 Å². The van der Waals surface area contributed by atoms with Crippen LogP contribution >= 0.6 is 0 Å². The van der Waals surface area contributed by atoms with Gasteiger partial charge in [0, 0.05) is 27.5 Å². The van der Waals surface area contributed by atoms with E-state index in [9.17, 15) is 0 Å². The molecule has 0 saturated heterocycles. The average Bonchev–Trinajstić information content (AvgIpc) is 3.46. The van der Waals surface area contributed by atoms with Crippen molar-refractivity contribution >= 4 is 21.9 Å². The molecule has 0 atom stereocenters. The Morgan fingerprint density at radius 1 is 0.302 bits per heavy atom. The summed E-state index contributed by atoms with van der Waals surface area (Å²) < 4.78 is 6.26. The second kappa shape index (κ2) is 10.5. The highest BCUT2D eigenvalue weighted by atomic mass is 16.3. The molecule has 0 fully saturated rings. The van der Waals surface area contributed by atoms with Gasteiger partial charge in [-0.25, -0.2) is 15.0 Å². The lowest BCUT2D eigenvalue weighted by atomic mass is 9.98. The molecule has 0 radical (unpaired) electrons. The zero-order valence-electron chi connectivity index (χ0n) is 23.2. The van der Waals surface area contributed by atoms with E-state index in [-0.39, 0.29) is 0 Å². The molecule has 0 amide bonds. The molecule has 0 saturated carbocycles. The molecule has 0 N–H and O–H groups in total. The summed E-state index contributed by atoms with van der Waals surface area (Å²) in [7, 11) is 0. The van der Waals surface area contributed by atoms with Crippen molar-refractivity contribution in [2.24, 2.45) is 0 Å². The Morgan fingerprint density at radius 3 is 1.26 bits per heavy atom. The lowest BCUT2D eigenvalue weighted by molar-refractivity contribution is 0.669. The topological polar surface area (TPSA) is 51.8 Å². The lowest BCUT2D eigenvalue weighted by Gasteiger charge is -2.08. The third-order valence-corrected chi connectivity index (χ3v) is 7.73. The van der Waals surface area contributed by atoms with Gasteiger partial charge in [-0.3, -0.25) is 0 Å². The van der Waals surface area contributed by atoms with Gasteiger partial charge in [0.2, 0.25) is 0 Å². The van der Waals surface area contributed by atoms with E-state index in [4.69, 9.17) is 19.4 Å². The minimum atomic E-state index is 0.621. The monoisotopic (exact) mass is 551 g/mol. The predicted molar refractivity (Wildman–Crippen MR) is 174 cm³/mol. The number of rotatable bonds is 5. The summed E-state index contributed by atoms with van der Waals surface area (Å²) in [6.45, 7) is 0. The number of furan rings is 1. The number of hydrogen-bond donors (Lipinski definition) is 0. The summed E-state index contributed by atoms with van der Waals surface area (Å²) in [5.41, 5.74) is 9.16. The number of fused-ring (bicyclic) bond motifs is 3. The zero-order valence-corrected chi connectivity index (χ0v) is 23.2. The van der Waals surface area contributed by atoms with Crippen LogP contribution in [-0.2, 0) is 0 Å². The van der Waals surface area contributed by atoms with Crippen LogP contribution in [0, 0.1) is 0 Å². The smallest absolute Gasteiger partial charge is 0.164 e. The summed E-state index contributed by atoms with van der Waals surface area (Å²) in [4.78, 5) is 14.7. The Kier molecular flexibility index (Phi) is 6.08. The van der Waals surface area contributed by atoms with Crippen molar-refractivity contribution < 1.29 is 4.42 Å². The zero-order chi connectivity index (χ0) is 28.6. The first-order valence-electron chi connectivity index (χ1n) is 14.3. The molecule has 0 aliphatic carbocycles. The molecular formula is C39H25N3O. The highest BCUT2D eigenvalue weighted by molar-refractivity contribution is 6.07. The lowest BCUT2D eigenvalue weighted by Crippen LogP contribution is -2.00. The number of aromatic nitrogens is 3. The van der Waals surface area contributed by atoms with Gasteiger partial charge in [0.25, 0.3) is 0 Å². The van der Waals surface area contributed by atoms with Gasteiger partial charge in [-0.05, 0) is 58.7 Å². The number of benzene rings is 6. The summed E-state index contributed by atoms with van der Waals surface area (Å²) >= 11 is 0. The third kappa shape index (κ3) is 4.75. The van der Waals surface area contributed by atoms with E-state index in [0.29, 0.717) is 17.5 Å². The summed E-state index contributed by atoms with van der Waals surface area (Å²) in [6.07, 6.45) is 0. The maximum absolute atomic E-state index is 6.26. The fourth-order valence-corrected chi connectivity index (χ4v) is 5.54. The van der Waals surface area contributed by atoms with Gasteiger partial charge >= 0.3 is 0 Å². The van der Waals surface area contributed by atoms with Crippen molar-refractivity contribution in [2.75, 3.05) is 0 Å². The summed E-state index contributed by atoms with van der Waals surface area (Å²) in [6, 6.07) is 51.8. The van der Waals surface area contributed by atoms with Gasteiger partial charge in [0.1, 0.15) is 11.2 Å². The molecule has 6 aromatic carbocycles. The van der Waals surface area contributed by atoms with Crippen molar-refractivity contribution in [2.45, 2.75) is 0 Å². The largest absolute Gasteiger partial charge is 0.456 e. The van der Waals surface area contributed by atoms with Crippen LogP contribution < -0.4 is 0 Å². The van der Waals surface area contributed by atoms with Crippen LogP contribution in [0.1, 0.15) is 0 Å². The highest BCUT2D eigenvalue weighted by Crippen LogP contribution is 2.36. The second-order valence-electron chi connectivity index (χ2n) is 10.5. The minimum absolute atomic E-state index is 0.621. The number of nitrogens with zero attached hydrogens (tertiary/aromatic N) is 3. The average molecular weight is 552 g/mol. The van der Waals surface area contributed by atoms with Gasteiger partial charge < -0.3 is 4.42 Å². The molecule has 43 heavy (non-hydrogen) atoms. The standard InChI is InChI=1S/C39H25N3O/c1-4-11-26(12-5-1)29-17-10-18-30(23-29)31-19-21-35-33(24-31)34-25-32(20-22-36(34)43-35)39-41-37(27-13-6-2-7-14-27)40-38(42-39)28-15-8-3-9-16-28/h1-25H. The Hall–Kier alpha value is -5.87. The maximum atomic E-state index is 6.26. The van der Waals surface area contributed by atoms with Gasteiger partial charge in [0.05, 0.1) is 0 Å². The molecule has 8 rings (SSSR count). The van der Waals surface area contributed by atoms with Crippen molar-refractivity contribution in [3.63, 3.8) is 0 Å². The first-order valence-corrected chi connectivity index (χ1v) is 14.3. The Morgan fingerprint density at radius 2 is 0.698 bits per heavy atom. The molecule has 0 aliphatic rings. The normalized spacial score (nSPS) is 11.3. The van der Waals surface area contributed by atoms with E-state index in [1.165, 1.54) is 11.1 Å². The second-order valence-corrected chi connectivity index (χ2v) is 10.5. The van der Waals surface area contributed by atoms with Gasteiger partial charge in [-0.2, -0.15) is 0 Å². The Bertz CT molecular complexity index is 2170. The third-order valence-electron chi connectivity index (χ3n) is 7.73. The SMILES string of the molecule is c1ccc(-c2cccc(-c3ccc4oc5ccc(-c6nc(-c7ccccc7)nc(-c7ccccc7)n6)cc5c4c3)c2)cc1. The molecule has 4 nitrogen and oxygen atoms in total. The van der Waals surface area contributed by atoms with E-state index in [2.05, 4.69) is 72.8 Å². The van der Waals surface area contributed by atoms with Crippen LogP contribution in [0.25, 0.3) is 78.4 Å². The van der Waals surface area contributed by atoms with E-state index in [1.807, 2.05) is 78.9 Å². The van der Waals surface area contributed by atoms with E-state index in [0.717, 1.165) is 49.8 Å². The summed E-state index contributed by atoms with van der Waals surface area (Å²) in [5.74, 6) is 1.90. The van der Waals surface area contributed by atoms with Gasteiger partial charge in [-0.1, -0.05) is 115 Å². The van der Waals surface area contributed by atoms with Crippen LogP contribution in [0.15, 0.2) is 156 Å². The molecule has 0 bridgehead atoms. The van der Waals surface area contributed by atoms with Crippen LogP contribution in [-0.4, -0.2) is 15.0 Å². The van der Waals surface area contributed by atoms with Crippen LogP contribution in [0.5, 0.6) is 0 Å². The molecular weight excluding hydrogens is 526 g/mol. The molecule has 202 valence electrons. The predicted octanol–water partition coefficient (Wildman–Crippen LogP) is 10.1. The van der Waals surface area contributed by atoms with E-state index < -0.39 is 0 Å². The fourth-order valence-electron chi connectivity index (χ4n) is 5.54. The van der Waals surface area contributed by atoms with Crippen molar-refractivity contribution in [3.05, 3.63) is 152 Å². The van der Waals surface area contributed by atoms with Gasteiger partial charge in [-0.15, -0.1) is 0 Å². The molecule has 8 aromatic rings. The first kappa shape index (κ1) is 24.9. The molecule has 0 spiro atoms. The Balaban J connectivity index is 1.26. The molecule has 2 heterocycles. The van der Waals surface area contributed by atoms with Crippen molar-refractivity contribution in [1.82, 2.24) is 15.0 Å². The van der Waals surface area contributed by atoms with E-state index >= 15 is 0 Å². The highest BCUT2D eigenvalue weighted by Gasteiger charge is 2.15. The quantitative estimate of drug-likeness (QED) is 0.214. The maximum Gasteiger partial charge on any atom is 0.164 e. The minimum Gasteiger partial charge on any atom is -0.456 e. The first-order chi connectivity index (χ1) is 21.3. The molecule has 2 aromatic heterocycles. The van der Waals surface area contributed by atoms with Crippen molar-refractivity contribution in [1.29, 1.82) is 0 Å². The molecule has 4 heteroatoms. The van der Waals surface area contributed by atoms with Crippen LogP contribution in [0.2, 0.25) is 0 Å². The van der Waals surface area contributed by atoms with Crippen LogP contribution in [0.4, 0.5) is 0 Å². The fraction of sp³-hybridized carbons (Fsp3) is 0.